The number of ether oxygens (including phenoxy) is 1. The van der Waals surface area contributed by atoms with E-state index in [2.05, 4.69) is 33.2 Å². The third kappa shape index (κ3) is 6.29. The number of hydrogen-bond acceptors (Lipinski definition) is 5. The highest BCUT2D eigenvalue weighted by molar-refractivity contribution is 14.1. The molecule has 0 fully saturated rings. The first-order valence-electron chi connectivity index (χ1n) is 12.1. The van der Waals surface area contributed by atoms with Crippen LogP contribution in [0.5, 0.6) is 0 Å². The van der Waals surface area contributed by atoms with Crippen molar-refractivity contribution < 1.29 is 19.1 Å². The molecule has 0 aliphatic carbocycles. The fraction of sp³-hybridized carbons (Fsp3) is 0.0323. The van der Waals surface area contributed by atoms with Crippen molar-refractivity contribution in [3.8, 4) is 11.3 Å². The van der Waals surface area contributed by atoms with Crippen molar-refractivity contribution in [1.82, 2.24) is 4.98 Å². The zero-order valence-electron chi connectivity index (χ0n) is 20.6. The zero-order chi connectivity index (χ0) is 27.2. The summed E-state index contributed by atoms with van der Waals surface area (Å²) in [7, 11) is 0. The van der Waals surface area contributed by atoms with Gasteiger partial charge in [0, 0.05) is 20.2 Å². The fourth-order valence-electron chi connectivity index (χ4n) is 4.02. The molecule has 0 saturated heterocycles. The normalized spacial score (nSPS) is 10.6. The molecule has 1 heterocycles. The number of rotatable bonds is 7. The monoisotopic (exact) mass is 627 g/mol. The number of nitrogens with zero attached hydrogens (tertiary/aromatic N) is 1. The summed E-state index contributed by atoms with van der Waals surface area (Å²) in [5, 5.41) is 6.21. The van der Waals surface area contributed by atoms with E-state index in [0.29, 0.717) is 27.8 Å². The van der Waals surface area contributed by atoms with Crippen LogP contribution < -0.4 is 10.6 Å². The van der Waals surface area contributed by atoms with E-state index < -0.39 is 24.4 Å². The number of halogens is 1. The molecular weight excluding hydrogens is 605 g/mol. The van der Waals surface area contributed by atoms with Gasteiger partial charge in [0.05, 0.1) is 28.0 Å². The minimum Gasteiger partial charge on any atom is -0.452 e. The minimum absolute atomic E-state index is 0.134. The van der Waals surface area contributed by atoms with Gasteiger partial charge in [-0.15, -0.1) is 0 Å². The van der Waals surface area contributed by atoms with Crippen LogP contribution in [0.1, 0.15) is 20.7 Å². The molecule has 7 nitrogen and oxygen atoms in total. The molecule has 0 unspecified atom stereocenters. The standard InChI is InChI=1S/C31H22IN3O4/c32-21-14-16-22(17-15-21)33-29(36)19-39-31(38)24-11-5-7-13-27(24)35-30(37)25-18-28(20-8-2-1-3-9-20)34-26-12-6-4-10-23(25)26/h1-18H,19H2,(H,33,36)(H,35,37). The minimum atomic E-state index is -0.728. The Hall–Kier alpha value is -4.57. The van der Waals surface area contributed by atoms with E-state index in [1.807, 2.05) is 66.7 Å². The number of hydrogen-bond donors (Lipinski definition) is 2. The van der Waals surface area contributed by atoms with E-state index in [1.54, 1.807) is 36.4 Å². The molecule has 4 aromatic carbocycles. The van der Waals surface area contributed by atoms with Gasteiger partial charge < -0.3 is 15.4 Å². The van der Waals surface area contributed by atoms with Crippen LogP contribution in [0.25, 0.3) is 22.2 Å². The average Bonchev–Trinajstić information content (AvgIpc) is 2.97. The van der Waals surface area contributed by atoms with Crippen molar-refractivity contribution in [3.63, 3.8) is 0 Å². The number of carbonyl (C=O) groups is 3. The summed E-state index contributed by atoms with van der Waals surface area (Å²) in [5.74, 6) is -1.60. The molecule has 5 rings (SSSR count). The van der Waals surface area contributed by atoms with Gasteiger partial charge in [0.2, 0.25) is 0 Å². The van der Waals surface area contributed by atoms with Crippen molar-refractivity contribution in [2.75, 3.05) is 17.2 Å². The number of nitrogens with one attached hydrogen (secondary N) is 2. The Morgan fingerprint density at radius 3 is 2.23 bits per heavy atom. The lowest BCUT2D eigenvalue weighted by molar-refractivity contribution is -0.119. The molecule has 8 heteroatoms. The van der Waals surface area contributed by atoms with Crippen LogP contribution in [0.3, 0.4) is 0 Å². The van der Waals surface area contributed by atoms with Gasteiger partial charge in [-0.3, -0.25) is 9.59 Å². The van der Waals surface area contributed by atoms with Gasteiger partial charge >= 0.3 is 5.97 Å². The fourth-order valence-corrected chi connectivity index (χ4v) is 4.38. The highest BCUT2D eigenvalue weighted by Gasteiger charge is 2.19. The van der Waals surface area contributed by atoms with Gasteiger partial charge in [-0.25, -0.2) is 9.78 Å². The summed E-state index contributed by atoms with van der Waals surface area (Å²) in [6.45, 7) is -0.470. The maximum atomic E-state index is 13.5. The number of amides is 2. The Balaban J connectivity index is 1.34. The largest absolute Gasteiger partial charge is 0.452 e. The molecule has 2 amide bonds. The summed E-state index contributed by atoms with van der Waals surface area (Å²) in [4.78, 5) is 43.4. The average molecular weight is 627 g/mol. The second-order valence-corrected chi connectivity index (χ2v) is 9.81. The first-order valence-corrected chi connectivity index (χ1v) is 13.1. The van der Waals surface area contributed by atoms with E-state index >= 15 is 0 Å². The molecule has 192 valence electrons. The van der Waals surface area contributed by atoms with Gasteiger partial charge in [-0.2, -0.15) is 0 Å². The number of benzene rings is 4. The number of para-hydroxylation sites is 2. The Labute approximate surface area is 238 Å². The van der Waals surface area contributed by atoms with E-state index in [4.69, 9.17) is 9.72 Å². The van der Waals surface area contributed by atoms with Crippen LogP contribution >= 0.6 is 22.6 Å². The molecule has 39 heavy (non-hydrogen) atoms. The second kappa shape index (κ2) is 11.9. The summed E-state index contributed by atoms with van der Waals surface area (Å²) >= 11 is 2.17. The van der Waals surface area contributed by atoms with Crippen LogP contribution in [0.2, 0.25) is 0 Å². The molecule has 5 aromatic rings. The van der Waals surface area contributed by atoms with E-state index in [-0.39, 0.29) is 11.3 Å². The number of carbonyl (C=O) groups excluding carboxylic acids is 3. The van der Waals surface area contributed by atoms with Crippen LogP contribution in [0.4, 0.5) is 11.4 Å². The van der Waals surface area contributed by atoms with Gasteiger partial charge in [0.1, 0.15) is 0 Å². The SMILES string of the molecule is O=C(COC(=O)c1ccccc1NC(=O)c1cc(-c2ccccc2)nc2ccccc12)Nc1ccc(I)cc1. The summed E-state index contributed by atoms with van der Waals surface area (Å²) < 4.78 is 6.28. The molecule has 0 aliphatic rings. The number of fused-ring (bicyclic) bond motifs is 1. The third-order valence-corrected chi connectivity index (χ3v) is 6.61. The van der Waals surface area contributed by atoms with Crippen LogP contribution in [0.15, 0.2) is 109 Å². The van der Waals surface area contributed by atoms with Crippen molar-refractivity contribution in [2.45, 2.75) is 0 Å². The molecule has 0 aliphatic heterocycles. The highest BCUT2D eigenvalue weighted by atomic mass is 127. The van der Waals surface area contributed by atoms with Gasteiger partial charge in [-0.1, -0.05) is 60.7 Å². The van der Waals surface area contributed by atoms with Crippen molar-refractivity contribution in [2.24, 2.45) is 0 Å². The summed E-state index contributed by atoms with van der Waals surface area (Å²) in [5.41, 5.74) is 3.64. The first kappa shape index (κ1) is 26.1. The first-order chi connectivity index (χ1) is 19.0. The number of anilines is 2. The van der Waals surface area contributed by atoms with Gasteiger partial charge in [0.15, 0.2) is 6.61 Å². The zero-order valence-corrected chi connectivity index (χ0v) is 22.7. The van der Waals surface area contributed by atoms with E-state index in [1.165, 1.54) is 6.07 Å². The van der Waals surface area contributed by atoms with Crippen molar-refractivity contribution in [3.05, 3.63) is 124 Å². The Morgan fingerprint density at radius 1 is 0.744 bits per heavy atom. The molecule has 0 radical (unpaired) electrons. The summed E-state index contributed by atoms with van der Waals surface area (Å²) in [6.07, 6.45) is 0. The van der Waals surface area contributed by atoms with Crippen LogP contribution in [-0.4, -0.2) is 29.4 Å². The predicted molar refractivity (Wildman–Crippen MR) is 160 cm³/mol. The second-order valence-electron chi connectivity index (χ2n) is 8.57. The van der Waals surface area contributed by atoms with Gasteiger partial charge in [0.25, 0.3) is 11.8 Å². The quantitative estimate of drug-likeness (QED) is 0.158. The predicted octanol–water partition coefficient (Wildman–Crippen LogP) is 6.55. The van der Waals surface area contributed by atoms with Gasteiger partial charge in [-0.05, 0) is 71.1 Å². The molecule has 0 saturated carbocycles. The van der Waals surface area contributed by atoms with Crippen LogP contribution in [0, 0.1) is 3.57 Å². The number of aromatic nitrogens is 1. The van der Waals surface area contributed by atoms with Crippen LogP contribution in [-0.2, 0) is 9.53 Å². The summed E-state index contributed by atoms with van der Waals surface area (Å²) in [6, 6.07) is 32.5. The Kier molecular flexibility index (Phi) is 7.93. The van der Waals surface area contributed by atoms with Crippen molar-refractivity contribution >= 4 is 62.7 Å². The lowest BCUT2D eigenvalue weighted by atomic mass is 10.0. The Bertz CT molecular complexity index is 1670. The molecular formula is C31H22IN3O4. The molecule has 1 aromatic heterocycles. The third-order valence-electron chi connectivity index (χ3n) is 5.89. The van der Waals surface area contributed by atoms with E-state index in [0.717, 1.165) is 9.13 Å². The molecule has 0 atom stereocenters. The number of pyridine rings is 1. The molecule has 0 spiro atoms. The van der Waals surface area contributed by atoms with E-state index in [9.17, 15) is 14.4 Å². The highest BCUT2D eigenvalue weighted by Crippen LogP contribution is 2.26. The van der Waals surface area contributed by atoms with Crippen molar-refractivity contribution in [1.29, 1.82) is 0 Å². The molecule has 0 bridgehead atoms. The lowest BCUT2D eigenvalue weighted by Gasteiger charge is -2.13. The Morgan fingerprint density at radius 2 is 1.44 bits per heavy atom. The maximum absolute atomic E-state index is 13.5. The molecule has 2 N–H and O–H groups in total. The number of esters is 1. The lowest BCUT2D eigenvalue weighted by Crippen LogP contribution is -2.22. The smallest absolute Gasteiger partial charge is 0.340 e. The topological polar surface area (TPSA) is 97.4 Å². The maximum Gasteiger partial charge on any atom is 0.340 e.